The zero-order valence-electron chi connectivity index (χ0n) is 19.9. The van der Waals surface area contributed by atoms with E-state index in [1.165, 1.54) is 10.4 Å². The first-order valence-electron chi connectivity index (χ1n) is 10.9. The van der Waals surface area contributed by atoms with Crippen LogP contribution in [0.25, 0.3) is 0 Å². The van der Waals surface area contributed by atoms with Gasteiger partial charge in [-0.25, -0.2) is 0 Å². The third kappa shape index (κ3) is 6.39. The molecule has 3 rings (SSSR count). The molecule has 0 aliphatic heterocycles. The van der Waals surface area contributed by atoms with E-state index in [1.54, 1.807) is 0 Å². The van der Waals surface area contributed by atoms with E-state index < -0.39 is 16.1 Å². The van der Waals surface area contributed by atoms with Gasteiger partial charge in [-0.1, -0.05) is 104 Å². The van der Waals surface area contributed by atoms with Crippen molar-refractivity contribution < 1.29 is 0 Å². The van der Waals surface area contributed by atoms with Crippen LogP contribution in [0.4, 0.5) is 0 Å². The molecule has 0 nitrogen and oxygen atoms in total. The molecule has 0 spiro atoms. The highest BCUT2D eigenvalue weighted by atomic mass is 28.3. The fourth-order valence-electron chi connectivity index (χ4n) is 3.25. The molecule has 0 radical (unpaired) electrons. The van der Waals surface area contributed by atoms with Gasteiger partial charge in [0.2, 0.25) is 0 Å². The summed E-state index contributed by atoms with van der Waals surface area (Å²) in [4.78, 5) is 0. The van der Waals surface area contributed by atoms with Gasteiger partial charge in [-0.15, -0.1) is 6.42 Å². The summed E-state index contributed by atoms with van der Waals surface area (Å²) >= 11 is 0. The van der Waals surface area contributed by atoms with Crippen molar-refractivity contribution >= 4 is 26.5 Å². The van der Waals surface area contributed by atoms with E-state index >= 15 is 0 Å². The summed E-state index contributed by atoms with van der Waals surface area (Å²) in [7, 11) is -2.59. The normalized spacial score (nSPS) is 10.9. The second kappa shape index (κ2) is 9.50. The maximum atomic E-state index is 5.68. The van der Waals surface area contributed by atoms with Gasteiger partial charge in [0.05, 0.1) is 16.1 Å². The Labute approximate surface area is 196 Å². The lowest BCUT2D eigenvalue weighted by atomic mass is 10.1. The minimum absolute atomic E-state index is 0.796. The molecule has 0 amide bonds. The van der Waals surface area contributed by atoms with Gasteiger partial charge in [0, 0.05) is 27.8 Å². The van der Waals surface area contributed by atoms with E-state index in [-0.39, 0.29) is 0 Å². The molecule has 0 unspecified atom stereocenters. The van der Waals surface area contributed by atoms with E-state index in [4.69, 9.17) is 6.42 Å². The van der Waals surface area contributed by atoms with Crippen LogP contribution in [0.5, 0.6) is 0 Å². The quantitative estimate of drug-likeness (QED) is 0.357. The Morgan fingerprint density at radius 1 is 0.469 bits per heavy atom. The van der Waals surface area contributed by atoms with E-state index in [2.05, 4.69) is 117 Å². The second-order valence-corrected chi connectivity index (χ2v) is 20.3. The highest BCUT2D eigenvalue weighted by Crippen LogP contribution is 2.10. The Kier molecular flexibility index (Phi) is 6.96. The van der Waals surface area contributed by atoms with Crippen molar-refractivity contribution in [1.82, 2.24) is 0 Å². The zero-order chi connectivity index (χ0) is 23.4. The lowest BCUT2D eigenvalue weighted by Crippen LogP contribution is -2.37. The first-order valence-corrected chi connectivity index (χ1v) is 17.9. The lowest BCUT2D eigenvalue weighted by molar-refractivity contribution is 1.55. The molecule has 0 atom stereocenters. The standard InChI is InChI=1S/C30H30Si2/c1-8-24-21-27(11-9-25-13-17-29(18-14-25)31(2,3)4)23-28(22-24)12-10-26-15-19-30(20-16-26)32(5,6)7/h1,13-23H,2-7H3. The van der Waals surface area contributed by atoms with Crippen molar-refractivity contribution in [2.24, 2.45) is 0 Å². The molecule has 0 saturated heterocycles. The molecule has 3 aromatic rings. The topological polar surface area (TPSA) is 0 Å². The van der Waals surface area contributed by atoms with Gasteiger partial charge in [0.25, 0.3) is 0 Å². The molecule has 0 saturated carbocycles. The number of terminal acetylenes is 1. The van der Waals surface area contributed by atoms with Crippen LogP contribution in [0.15, 0.2) is 66.7 Å². The maximum absolute atomic E-state index is 5.68. The molecule has 32 heavy (non-hydrogen) atoms. The number of benzene rings is 3. The molecule has 0 aromatic heterocycles. The molecule has 3 aromatic carbocycles. The van der Waals surface area contributed by atoms with Crippen LogP contribution in [-0.2, 0) is 0 Å². The second-order valence-electron chi connectivity index (χ2n) is 10.1. The Bertz CT molecular complexity index is 1170. The molecular formula is C30H30Si2. The molecule has 0 heterocycles. The molecule has 0 fully saturated rings. The first-order chi connectivity index (χ1) is 15.0. The van der Waals surface area contributed by atoms with Crippen LogP contribution in [-0.4, -0.2) is 16.1 Å². The maximum Gasteiger partial charge on any atom is 0.0775 e. The van der Waals surface area contributed by atoms with Gasteiger partial charge in [-0.3, -0.25) is 0 Å². The van der Waals surface area contributed by atoms with E-state index in [0.717, 1.165) is 27.8 Å². The summed E-state index contributed by atoms with van der Waals surface area (Å²) in [6.45, 7) is 14.1. The Balaban J connectivity index is 1.86. The number of hydrogen-bond acceptors (Lipinski definition) is 0. The van der Waals surface area contributed by atoms with E-state index in [1.807, 2.05) is 18.2 Å². The fourth-order valence-corrected chi connectivity index (χ4v) is 5.58. The van der Waals surface area contributed by atoms with E-state index in [0.29, 0.717) is 0 Å². The third-order valence-corrected chi connectivity index (χ3v) is 9.43. The third-order valence-electron chi connectivity index (χ3n) is 5.30. The van der Waals surface area contributed by atoms with Crippen molar-refractivity contribution in [2.75, 3.05) is 0 Å². The van der Waals surface area contributed by atoms with Crippen LogP contribution in [0.2, 0.25) is 39.3 Å². The fraction of sp³-hybridized carbons (Fsp3) is 0.200. The SMILES string of the molecule is C#Cc1cc(C#Cc2ccc([Si](C)(C)C)cc2)cc(C#Cc2ccc([Si](C)(C)C)cc2)c1. The molecule has 0 bridgehead atoms. The summed E-state index contributed by atoms with van der Waals surface area (Å²) < 4.78 is 0. The minimum Gasteiger partial charge on any atom is -0.115 e. The van der Waals surface area contributed by atoms with Crippen LogP contribution in [0.1, 0.15) is 27.8 Å². The highest BCUT2D eigenvalue weighted by molar-refractivity contribution is 6.89. The van der Waals surface area contributed by atoms with Crippen LogP contribution in [0, 0.1) is 36.0 Å². The van der Waals surface area contributed by atoms with E-state index in [9.17, 15) is 0 Å². The molecule has 0 N–H and O–H groups in total. The average molecular weight is 447 g/mol. The molecular weight excluding hydrogens is 417 g/mol. The smallest absolute Gasteiger partial charge is 0.0775 e. The Morgan fingerprint density at radius 2 is 0.781 bits per heavy atom. The van der Waals surface area contributed by atoms with Crippen molar-refractivity contribution in [3.8, 4) is 36.0 Å². The van der Waals surface area contributed by atoms with Crippen molar-refractivity contribution in [3.05, 3.63) is 94.5 Å². The molecule has 0 aliphatic carbocycles. The van der Waals surface area contributed by atoms with Crippen LogP contribution >= 0.6 is 0 Å². The summed E-state index contributed by atoms with van der Waals surface area (Å²) in [6, 6.07) is 23.1. The first kappa shape index (κ1) is 23.4. The van der Waals surface area contributed by atoms with Gasteiger partial charge in [-0.2, -0.15) is 0 Å². The van der Waals surface area contributed by atoms with Gasteiger partial charge in [0.1, 0.15) is 0 Å². The Hall–Kier alpha value is -3.23. The predicted molar refractivity (Wildman–Crippen MR) is 145 cm³/mol. The van der Waals surface area contributed by atoms with Gasteiger partial charge in [-0.05, 0) is 42.5 Å². The van der Waals surface area contributed by atoms with Crippen LogP contribution in [0.3, 0.4) is 0 Å². The lowest BCUT2D eigenvalue weighted by Gasteiger charge is -2.15. The summed E-state index contributed by atoms with van der Waals surface area (Å²) in [5, 5.41) is 2.88. The van der Waals surface area contributed by atoms with Gasteiger partial charge < -0.3 is 0 Å². The largest absolute Gasteiger partial charge is 0.115 e. The zero-order valence-corrected chi connectivity index (χ0v) is 21.9. The average Bonchev–Trinajstić information content (AvgIpc) is 2.75. The van der Waals surface area contributed by atoms with Gasteiger partial charge >= 0.3 is 0 Å². The van der Waals surface area contributed by atoms with Crippen molar-refractivity contribution in [3.63, 3.8) is 0 Å². The summed E-state index contributed by atoms with van der Waals surface area (Å²) in [5.41, 5.74) is 4.58. The summed E-state index contributed by atoms with van der Waals surface area (Å²) in [5.74, 6) is 15.8. The monoisotopic (exact) mass is 446 g/mol. The van der Waals surface area contributed by atoms with Crippen molar-refractivity contribution in [2.45, 2.75) is 39.3 Å². The predicted octanol–water partition coefficient (Wildman–Crippen LogP) is 5.56. The highest BCUT2D eigenvalue weighted by Gasteiger charge is 2.16. The number of rotatable bonds is 2. The molecule has 2 heteroatoms. The summed E-state index contributed by atoms with van der Waals surface area (Å²) in [6.07, 6.45) is 5.68. The molecule has 158 valence electrons. The van der Waals surface area contributed by atoms with Crippen LogP contribution < -0.4 is 10.4 Å². The number of hydrogen-bond donors (Lipinski definition) is 0. The molecule has 0 aliphatic rings. The Morgan fingerprint density at radius 3 is 1.09 bits per heavy atom. The van der Waals surface area contributed by atoms with Crippen molar-refractivity contribution in [1.29, 1.82) is 0 Å². The van der Waals surface area contributed by atoms with Gasteiger partial charge in [0.15, 0.2) is 0 Å². The minimum atomic E-state index is -1.30.